The van der Waals surface area contributed by atoms with Crippen LogP contribution >= 0.6 is 11.6 Å². The number of aryl methyl sites for hydroxylation is 1. The van der Waals surface area contributed by atoms with Gasteiger partial charge in [0.2, 0.25) is 5.28 Å². The summed E-state index contributed by atoms with van der Waals surface area (Å²) in [7, 11) is 0. The molecule has 2 N–H and O–H groups in total. The second-order valence-electron chi connectivity index (χ2n) is 3.63. The van der Waals surface area contributed by atoms with Crippen LogP contribution < -0.4 is 10.6 Å². The van der Waals surface area contributed by atoms with Crippen LogP contribution in [0.15, 0.2) is 6.07 Å². The molecule has 5 heteroatoms. The molecule has 0 bridgehead atoms. The molecule has 1 saturated heterocycles. The number of aromatic nitrogens is 2. The lowest BCUT2D eigenvalue weighted by Crippen LogP contribution is -2.27. The van der Waals surface area contributed by atoms with Crippen LogP contribution in [0.2, 0.25) is 5.28 Å². The number of hydrogen-bond donors (Lipinski definition) is 1. The Bertz CT molecular complexity index is 321. The van der Waals surface area contributed by atoms with Crippen molar-refractivity contribution >= 4 is 17.4 Å². The maximum atomic E-state index is 5.82. The molecule has 76 valence electrons. The van der Waals surface area contributed by atoms with E-state index in [2.05, 4.69) is 14.9 Å². The van der Waals surface area contributed by atoms with Crippen molar-refractivity contribution in [2.75, 3.05) is 18.0 Å². The molecule has 1 aromatic rings. The highest BCUT2D eigenvalue weighted by Crippen LogP contribution is 2.19. The maximum absolute atomic E-state index is 5.82. The third-order valence-corrected chi connectivity index (χ3v) is 2.53. The van der Waals surface area contributed by atoms with Gasteiger partial charge in [0.25, 0.3) is 0 Å². The standard InChI is InChI=1S/C9H13ClN4/c1-6-4-8(13-9(10)12-6)14-3-2-7(11)5-14/h4,7H,2-3,5,11H2,1H3. The van der Waals surface area contributed by atoms with Gasteiger partial charge in [0.1, 0.15) is 5.82 Å². The third-order valence-electron chi connectivity index (χ3n) is 2.36. The molecule has 0 radical (unpaired) electrons. The Morgan fingerprint density at radius 1 is 1.57 bits per heavy atom. The summed E-state index contributed by atoms with van der Waals surface area (Å²) in [6, 6.07) is 2.19. The van der Waals surface area contributed by atoms with E-state index in [-0.39, 0.29) is 6.04 Å². The lowest BCUT2D eigenvalue weighted by atomic mass is 10.3. The van der Waals surface area contributed by atoms with Crippen molar-refractivity contribution in [2.45, 2.75) is 19.4 Å². The van der Waals surface area contributed by atoms with E-state index >= 15 is 0 Å². The van der Waals surface area contributed by atoms with Gasteiger partial charge in [0.05, 0.1) is 0 Å². The number of rotatable bonds is 1. The predicted octanol–water partition coefficient (Wildman–Crippen LogP) is 0.976. The maximum Gasteiger partial charge on any atom is 0.224 e. The molecule has 0 aromatic carbocycles. The minimum Gasteiger partial charge on any atom is -0.355 e. The fraction of sp³-hybridized carbons (Fsp3) is 0.556. The second kappa shape index (κ2) is 3.71. The van der Waals surface area contributed by atoms with Crippen LogP contribution in [-0.4, -0.2) is 29.1 Å². The molecule has 4 nitrogen and oxygen atoms in total. The largest absolute Gasteiger partial charge is 0.355 e. The molecule has 0 aliphatic carbocycles. The smallest absolute Gasteiger partial charge is 0.224 e. The molecule has 1 aliphatic heterocycles. The first-order chi connectivity index (χ1) is 6.65. The zero-order chi connectivity index (χ0) is 10.1. The Morgan fingerprint density at radius 2 is 2.36 bits per heavy atom. The van der Waals surface area contributed by atoms with E-state index in [4.69, 9.17) is 17.3 Å². The molecule has 0 spiro atoms. The molecule has 1 aliphatic rings. The molecular weight excluding hydrogens is 200 g/mol. The number of hydrogen-bond acceptors (Lipinski definition) is 4. The molecule has 2 rings (SSSR count). The minimum absolute atomic E-state index is 0.254. The van der Waals surface area contributed by atoms with Gasteiger partial charge >= 0.3 is 0 Å². The average molecular weight is 213 g/mol. The van der Waals surface area contributed by atoms with Crippen LogP contribution in [0.5, 0.6) is 0 Å². The molecule has 1 fully saturated rings. The van der Waals surface area contributed by atoms with Gasteiger partial charge in [-0.15, -0.1) is 0 Å². The quantitative estimate of drug-likeness (QED) is 0.705. The van der Waals surface area contributed by atoms with Crippen LogP contribution in [0.4, 0.5) is 5.82 Å². The van der Waals surface area contributed by atoms with Gasteiger partial charge in [-0.3, -0.25) is 0 Å². The number of halogens is 1. The Kier molecular flexibility index (Phi) is 2.56. The Hall–Kier alpha value is -0.870. The fourth-order valence-corrected chi connectivity index (χ4v) is 1.89. The Balaban J connectivity index is 2.23. The molecule has 0 saturated carbocycles. The summed E-state index contributed by atoms with van der Waals surface area (Å²) in [5, 5.41) is 0.306. The Morgan fingerprint density at radius 3 is 2.93 bits per heavy atom. The van der Waals surface area contributed by atoms with E-state index < -0.39 is 0 Å². The van der Waals surface area contributed by atoms with Gasteiger partial charge in [-0.05, 0) is 24.9 Å². The van der Waals surface area contributed by atoms with Crippen molar-refractivity contribution in [3.63, 3.8) is 0 Å². The lowest BCUT2D eigenvalue weighted by Gasteiger charge is -2.16. The van der Waals surface area contributed by atoms with Gasteiger partial charge in [-0.2, -0.15) is 0 Å². The fourth-order valence-electron chi connectivity index (χ4n) is 1.67. The minimum atomic E-state index is 0.254. The molecular formula is C9H13ClN4. The summed E-state index contributed by atoms with van der Waals surface area (Å²) >= 11 is 5.78. The van der Waals surface area contributed by atoms with Gasteiger partial charge in [-0.25, -0.2) is 9.97 Å². The van der Waals surface area contributed by atoms with E-state index in [9.17, 15) is 0 Å². The lowest BCUT2D eigenvalue weighted by molar-refractivity contribution is 0.751. The molecule has 14 heavy (non-hydrogen) atoms. The van der Waals surface area contributed by atoms with Crippen molar-refractivity contribution in [2.24, 2.45) is 5.73 Å². The first-order valence-corrected chi connectivity index (χ1v) is 5.04. The van der Waals surface area contributed by atoms with E-state index in [1.807, 2.05) is 13.0 Å². The first-order valence-electron chi connectivity index (χ1n) is 4.67. The molecule has 1 atom stereocenters. The van der Waals surface area contributed by atoms with Gasteiger partial charge in [-0.1, -0.05) is 0 Å². The molecule has 0 amide bonds. The summed E-state index contributed by atoms with van der Waals surface area (Å²) in [6.07, 6.45) is 1.01. The zero-order valence-corrected chi connectivity index (χ0v) is 8.83. The average Bonchev–Trinajstić information content (AvgIpc) is 2.50. The van der Waals surface area contributed by atoms with Crippen LogP contribution in [-0.2, 0) is 0 Å². The monoisotopic (exact) mass is 212 g/mol. The third kappa shape index (κ3) is 1.96. The van der Waals surface area contributed by atoms with Crippen LogP contribution in [0.25, 0.3) is 0 Å². The number of nitrogens with two attached hydrogens (primary N) is 1. The highest BCUT2D eigenvalue weighted by Gasteiger charge is 2.20. The van der Waals surface area contributed by atoms with Crippen molar-refractivity contribution in [1.82, 2.24) is 9.97 Å². The Labute approximate surface area is 88.1 Å². The van der Waals surface area contributed by atoms with Gasteiger partial charge in [0.15, 0.2) is 0 Å². The van der Waals surface area contributed by atoms with Crippen molar-refractivity contribution < 1.29 is 0 Å². The van der Waals surface area contributed by atoms with Crippen molar-refractivity contribution in [1.29, 1.82) is 0 Å². The highest BCUT2D eigenvalue weighted by atomic mass is 35.5. The predicted molar refractivity (Wildman–Crippen MR) is 56.6 cm³/mol. The van der Waals surface area contributed by atoms with Crippen molar-refractivity contribution in [3.05, 3.63) is 17.0 Å². The summed E-state index contributed by atoms with van der Waals surface area (Å²) < 4.78 is 0. The summed E-state index contributed by atoms with van der Waals surface area (Å²) in [5.74, 6) is 0.885. The summed E-state index contributed by atoms with van der Waals surface area (Å²) in [5.41, 5.74) is 6.71. The summed E-state index contributed by atoms with van der Waals surface area (Å²) in [4.78, 5) is 10.3. The van der Waals surface area contributed by atoms with E-state index in [1.165, 1.54) is 0 Å². The number of nitrogens with zero attached hydrogens (tertiary/aromatic N) is 3. The molecule has 1 aromatic heterocycles. The normalized spacial score (nSPS) is 21.6. The SMILES string of the molecule is Cc1cc(N2CCC(N)C2)nc(Cl)n1. The van der Waals surface area contributed by atoms with E-state index in [0.29, 0.717) is 5.28 Å². The topological polar surface area (TPSA) is 55.0 Å². The molecule has 1 unspecified atom stereocenters. The number of anilines is 1. The van der Waals surface area contributed by atoms with Gasteiger partial charge < -0.3 is 10.6 Å². The second-order valence-corrected chi connectivity index (χ2v) is 3.97. The zero-order valence-electron chi connectivity index (χ0n) is 8.07. The van der Waals surface area contributed by atoms with Gasteiger partial charge in [0, 0.05) is 30.9 Å². The van der Waals surface area contributed by atoms with Crippen molar-refractivity contribution in [3.8, 4) is 0 Å². The van der Waals surface area contributed by atoms with Crippen LogP contribution in [0.3, 0.4) is 0 Å². The van der Waals surface area contributed by atoms with Crippen LogP contribution in [0.1, 0.15) is 12.1 Å². The van der Waals surface area contributed by atoms with Crippen LogP contribution in [0, 0.1) is 6.92 Å². The van der Waals surface area contributed by atoms with E-state index in [1.54, 1.807) is 0 Å². The molecule has 2 heterocycles. The highest BCUT2D eigenvalue weighted by molar-refractivity contribution is 6.28. The summed E-state index contributed by atoms with van der Waals surface area (Å²) in [6.45, 7) is 3.72. The van der Waals surface area contributed by atoms with E-state index in [0.717, 1.165) is 31.0 Å². The first kappa shape index (κ1) is 9.68.